The Morgan fingerprint density at radius 1 is 1.36 bits per heavy atom. The number of hydrogen-bond donors (Lipinski definition) is 2. The predicted molar refractivity (Wildman–Crippen MR) is 94.7 cm³/mol. The molecule has 0 aliphatic heterocycles. The number of rotatable bonds is 7. The van der Waals surface area contributed by atoms with Gasteiger partial charge in [-0.2, -0.15) is 0 Å². The monoisotopic (exact) mass is 358 g/mol. The Morgan fingerprint density at radius 2 is 2.09 bits per heavy atom. The Morgan fingerprint density at radius 3 is 2.77 bits per heavy atom. The zero-order chi connectivity index (χ0) is 15.1. The Bertz CT molecular complexity index is 579. The van der Waals surface area contributed by atoms with Crippen LogP contribution in [-0.2, 0) is 10.5 Å². The van der Waals surface area contributed by atoms with Crippen LogP contribution in [-0.4, -0.2) is 22.1 Å². The smallest absolute Gasteiger partial charge is 0.243 e. The molecule has 1 unspecified atom stereocenters. The van der Waals surface area contributed by atoms with E-state index < -0.39 is 6.04 Å². The molecular weight excluding hydrogens is 340 g/mol. The molecule has 120 valence electrons. The molecule has 3 N–H and O–H groups in total. The van der Waals surface area contributed by atoms with Crippen LogP contribution >= 0.6 is 35.5 Å². The van der Waals surface area contributed by atoms with Crippen molar-refractivity contribution in [3.8, 4) is 0 Å². The number of carbonyl (C=O) groups excluding carboxylic acids is 1. The topological polar surface area (TPSA) is 80.9 Å². The van der Waals surface area contributed by atoms with Crippen LogP contribution < -0.4 is 11.1 Å². The Balaban J connectivity index is 0.00000242. The molecule has 0 saturated heterocycles. The summed E-state index contributed by atoms with van der Waals surface area (Å²) in [5.74, 6) is 0.631. The van der Waals surface area contributed by atoms with E-state index in [9.17, 15) is 4.79 Å². The van der Waals surface area contributed by atoms with Gasteiger partial charge in [0.15, 0.2) is 4.34 Å². The van der Waals surface area contributed by atoms with Crippen molar-refractivity contribution in [2.75, 3.05) is 5.32 Å². The van der Waals surface area contributed by atoms with Gasteiger partial charge >= 0.3 is 0 Å². The number of aromatic nitrogens is 2. The molecule has 1 atom stereocenters. The van der Waals surface area contributed by atoms with Crippen molar-refractivity contribution in [3.63, 3.8) is 0 Å². The molecule has 2 rings (SSSR count). The highest BCUT2D eigenvalue weighted by atomic mass is 35.5. The zero-order valence-electron chi connectivity index (χ0n) is 12.2. The summed E-state index contributed by atoms with van der Waals surface area (Å²) in [4.78, 5) is 11.8. The van der Waals surface area contributed by atoms with E-state index in [1.165, 1.54) is 16.9 Å². The third kappa shape index (κ3) is 5.92. The summed E-state index contributed by atoms with van der Waals surface area (Å²) in [5, 5.41) is 11.3. The minimum Gasteiger partial charge on any atom is -0.320 e. The average Bonchev–Trinajstić information content (AvgIpc) is 2.94. The number of anilines is 1. The first kappa shape index (κ1) is 18.9. The predicted octanol–water partition coefficient (Wildman–Crippen LogP) is 3.32. The normalized spacial score (nSPS) is 11.5. The molecule has 5 nitrogen and oxygen atoms in total. The molecule has 0 bridgehead atoms. The molecule has 1 aromatic heterocycles. The van der Waals surface area contributed by atoms with Gasteiger partial charge in [0.2, 0.25) is 11.0 Å². The quantitative estimate of drug-likeness (QED) is 0.586. The van der Waals surface area contributed by atoms with Crippen LogP contribution in [0.3, 0.4) is 0 Å². The van der Waals surface area contributed by atoms with E-state index in [1.807, 2.05) is 25.1 Å². The minimum absolute atomic E-state index is 0. The molecule has 0 saturated carbocycles. The van der Waals surface area contributed by atoms with Gasteiger partial charge in [0, 0.05) is 5.75 Å². The Kier molecular flexibility index (Phi) is 8.40. The second-order valence-corrected chi connectivity index (χ2v) is 6.73. The van der Waals surface area contributed by atoms with E-state index in [0.717, 1.165) is 16.5 Å². The number of thioether (sulfide) groups is 1. The average molecular weight is 359 g/mol. The lowest BCUT2D eigenvalue weighted by molar-refractivity contribution is -0.117. The molecule has 1 heterocycles. The van der Waals surface area contributed by atoms with E-state index in [2.05, 4.69) is 27.6 Å². The maximum absolute atomic E-state index is 11.8. The van der Waals surface area contributed by atoms with Gasteiger partial charge in [-0.1, -0.05) is 66.8 Å². The molecule has 0 aliphatic carbocycles. The third-order valence-electron chi connectivity index (χ3n) is 2.78. The van der Waals surface area contributed by atoms with E-state index in [1.54, 1.807) is 11.8 Å². The second kappa shape index (κ2) is 9.78. The van der Waals surface area contributed by atoms with Crippen molar-refractivity contribution in [2.24, 2.45) is 5.73 Å². The summed E-state index contributed by atoms with van der Waals surface area (Å²) >= 11 is 2.97. The van der Waals surface area contributed by atoms with Crippen LogP contribution in [0.25, 0.3) is 0 Å². The fraction of sp³-hybridized carbons (Fsp3) is 0.357. The van der Waals surface area contributed by atoms with Crippen LogP contribution in [0.15, 0.2) is 34.7 Å². The summed E-state index contributed by atoms with van der Waals surface area (Å²) in [6, 6.07) is 9.67. The van der Waals surface area contributed by atoms with Crippen molar-refractivity contribution in [2.45, 2.75) is 35.9 Å². The van der Waals surface area contributed by atoms with E-state index >= 15 is 0 Å². The van der Waals surface area contributed by atoms with Gasteiger partial charge in [0.05, 0.1) is 6.04 Å². The van der Waals surface area contributed by atoms with Gasteiger partial charge in [0.25, 0.3) is 0 Å². The number of amides is 1. The standard InChI is InChI=1S/C14H18N4OS2.ClH/c1-2-6-11(15)12(19)16-13-17-18-14(21-13)20-9-10-7-4-3-5-8-10;/h3-5,7-8,11H,2,6,9,15H2,1H3,(H,16,17,19);1H. The molecule has 1 amide bonds. The van der Waals surface area contributed by atoms with E-state index in [4.69, 9.17) is 5.73 Å². The number of halogens is 1. The van der Waals surface area contributed by atoms with Crippen LogP contribution in [0.4, 0.5) is 5.13 Å². The summed E-state index contributed by atoms with van der Waals surface area (Å²) < 4.78 is 0.832. The van der Waals surface area contributed by atoms with Gasteiger partial charge in [-0.25, -0.2) is 0 Å². The van der Waals surface area contributed by atoms with E-state index in [0.29, 0.717) is 11.6 Å². The van der Waals surface area contributed by atoms with Gasteiger partial charge in [0.1, 0.15) is 0 Å². The van der Waals surface area contributed by atoms with Crippen molar-refractivity contribution < 1.29 is 4.79 Å². The van der Waals surface area contributed by atoms with Gasteiger partial charge in [-0.15, -0.1) is 22.6 Å². The Labute approximate surface area is 144 Å². The molecule has 8 heteroatoms. The van der Waals surface area contributed by atoms with Crippen LogP contribution in [0, 0.1) is 0 Å². The number of nitrogens with two attached hydrogens (primary N) is 1. The maximum Gasteiger partial charge on any atom is 0.243 e. The number of benzene rings is 1. The molecule has 0 spiro atoms. The fourth-order valence-corrected chi connectivity index (χ4v) is 3.39. The third-order valence-corrected chi connectivity index (χ3v) is 4.82. The second-order valence-electron chi connectivity index (χ2n) is 4.53. The summed E-state index contributed by atoms with van der Waals surface area (Å²) in [6.45, 7) is 2.00. The highest BCUT2D eigenvalue weighted by Crippen LogP contribution is 2.28. The van der Waals surface area contributed by atoms with Crippen LogP contribution in [0.1, 0.15) is 25.3 Å². The van der Waals surface area contributed by atoms with Gasteiger partial charge in [-0.05, 0) is 12.0 Å². The summed E-state index contributed by atoms with van der Waals surface area (Å²) in [6.07, 6.45) is 1.54. The maximum atomic E-state index is 11.8. The molecule has 2 aromatic rings. The molecule has 22 heavy (non-hydrogen) atoms. The van der Waals surface area contributed by atoms with Crippen LogP contribution in [0.2, 0.25) is 0 Å². The van der Waals surface area contributed by atoms with E-state index in [-0.39, 0.29) is 18.3 Å². The van der Waals surface area contributed by atoms with Crippen molar-refractivity contribution in [1.82, 2.24) is 10.2 Å². The summed E-state index contributed by atoms with van der Waals surface area (Å²) in [5.41, 5.74) is 6.99. The number of hydrogen-bond acceptors (Lipinski definition) is 6. The molecule has 1 aromatic carbocycles. The fourth-order valence-electron chi connectivity index (χ4n) is 1.68. The highest BCUT2D eigenvalue weighted by molar-refractivity contribution is 8.00. The van der Waals surface area contributed by atoms with Crippen molar-refractivity contribution >= 4 is 46.5 Å². The number of nitrogens with zero attached hydrogens (tertiary/aromatic N) is 2. The number of carbonyl (C=O) groups is 1. The molecule has 0 fully saturated rings. The molecule has 0 radical (unpaired) electrons. The lowest BCUT2D eigenvalue weighted by Crippen LogP contribution is -2.35. The SMILES string of the molecule is CCCC(N)C(=O)Nc1nnc(SCc2ccccc2)s1.Cl. The largest absolute Gasteiger partial charge is 0.320 e. The summed E-state index contributed by atoms with van der Waals surface area (Å²) in [7, 11) is 0. The van der Waals surface area contributed by atoms with Gasteiger partial charge in [-0.3, -0.25) is 10.1 Å². The molecular formula is C14H19ClN4OS2. The van der Waals surface area contributed by atoms with Crippen molar-refractivity contribution in [3.05, 3.63) is 35.9 Å². The first-order valence-electron chi connectivity index (χ1n) is 6.75. The number of nitrogens with one attached hydrogen (secondary N) is 1. The highest BCUT2D eigenvalue weighted by Gasteiger charge is 2.14. The Hall–Kier alpha value is -1.15. The van der Waals surface area contributed by atoms with Crippen molar-refractivity contribution in [1.29, 1.82) is 0 Å². The van der Waals surface area contributed by atoms with Gasteiger partial charge < -0.3 is 5.73 Å². The molecule has 0 aliphatic rings. The minimum atomic E-state index is -0.487. The first-order chi connectivity index (χ1) is 10.2. The lowest BCUT2D eigenvalue weighted by Gasteiger charge is -2.08. The zero-order valence-corrected chi connectivity index (χ0v) is 14.6. The lowest BCUT2D eigenvalue weighted by atomic mass is 10.2. The van der Waals surface area contributed by atoms with Crippen LogP contribution in [0.5, 0.6) is 0 Å². The first-order valence-corrected chi connectivity index (χ1v) is 8.56.